The molecule has 0 aliphatic rings. The lowest BCUT2D eigenvalue weighted by Crippen LogP contribution is -2.07. The van der Waals surface area contributed by atoms with Gasteiger partial charge in [0.2, 0.25) is 0 Å². The molecular weight excluding hydrogens is 605 g/mol. The van der Waals surface area contributed by atoms with Crippen LogP contribution in [0, 0.1) is 0 Å². The Morgan fingerprint density at radius 3 is 1.74 bits per heavy atom. The first-order chi connectivity index (χ1) is 24.7. The average Bonchev–Trinajstić information content (AvgIpc) is 3.51. The molecule has 1 aromatic heterocycles. The average molecular weight is 645 g/mol. The van der Waals surface area contributed by atoms with Crippen LogP contribution in [0.5, 0.6) is 0 Å². The van der Waals surface area contributed by atoms with E-state index in [4.69, 9.17) is 0 Å². The van der Waals surface area contributed by atoms with Gasteiger partial charge in [-0.3, -0.25) is 0 Å². The van der Waals surface area contributed by atoms with E-state index in [0.717, 1.165) is 28.1 Å². The number of anilines is 1. The molecule has 0 aliphatic carbocycles. The Hall–Kier alpha value is -6.64. The molecular formula is C48H40N2. The number of benzene rings is 5. The molecule has 0 saturated heterocycles. The van der Waals surface area contributed by atoms with Crippen LogP contribution in [0.15, 0.2) is 232 Å². The van der Waals surface area contributed by atoms with Crippen LogP contribution in [-0.2, 0) is 0 Å². The SMILES string of the molecule is C=C\C=C/C=C\C(\C=C/N(/C=C\C(=C/C=C)c1ccc(-n2c3ccccc3c3ccccc32)cc1)c1ccc(-c2ccccc2)cc1)=C\C=C. The van der Waals surface area contributed by atoms with Gasteiger partial charge in [0.1, 0.15) is 0 Å². The quantitative estimate of drug-likeness (QED) is 0.114. The minimum Gasteiger partial charge on any atom is -0.324 e. The minimum absolute atomic E-state index is 1.01. The van der Waals surface area contributed by atoms with E-state index in [1.165, 1.54) is 32.9 Å². The number of allylic oxidation sites excluding steroid dienone is 13. The van der Waals surface area contributed by atoms with Crippen LogP contribution in [-0.4, -0.2) is 4.57 Å². The van der Waals surface area contributed by atoms with Crippen molar-refractivity contribution >= 4 is 33.1 Å². The van der Waals surface area contributed by atoms with E-state index in [0.29, 0.717) is 0 Å². The fraction of sp³-hybridized carbons (Fsp3) is 0. The predicted octanol–water partition coefficient (Wildman–Crippen LogP) is 13.0. The number of hydrogen-bond donors (Lipinski definition) is 0. The van der Waals surface area contributed by atoms with Crippen molar-refractivity contribution in [3.05, 3.63) is 238 Å². The fourth-order valence-corrected chi connectivity index (χ4v) is 6.00. The molecule has 0 fully saturated rings. The minimum atomic E-state index is 1.01. The smallest absolute Gasteiger partial charge is 0.0541 e. The van der Waals surface area contributed by atoms with E-state index in [-0.39, 0.29) is 0 Å². The largest absolute Gasteiger partial charge is 0.324 e. The lowest BCUT2D eigenvalue weighted by atomic mass is 10.0. The Labute approximate surface area is 296 Å². The summed E-state index contributed by atoms with van der Waals surface area (Å²) in [4.78, 5) is 2.13. The zero-order chi connectivity index (χ0) is 34.5. The van der Waals surface area contributed by atoms with Crippen LogP contribution in [0.25, 0.3) is 44.2 Å². The summed E-state index contributed by atoms with van der Waals surface area (Å²) in [6.07, 6.45) is 25.7. The molecule has 6 aromatic rings. The number of rotatable bonds is 13. The van der Waals surface area contributed by atoms with Gasteiger partial charge in [0, 0.05) is 34.5 Å². The zero-order valence-electron chi connectivity index (χ0n) is 28.1. The molecule has 2 heteroatoms. The summed E-state index contributed by atoms with van der Waals surface area (Å²) in [5.41, 5.74) is 10.0. The fourth-order valence-electron chi connectivity index (χ4n) is 6.00. The van der Waals surface area contributed by atoms with Gasteiger partial charge in [0.05, 0.1) is 11.0 Å². The van der Waals surface area contributed by atoms with Crippen molar-refractivity contribution < 1.29 is 0 Å². The van der Waals surface area contributed by atoms with E-state index < -0.39 is 0 Å². The summed E-state index contributed by atoms with van der Waals surface area (Å²) in [5, 5.41) is 2.50. The first-order valence-electron chi connectivity index (χ1n) is 16.7. The second-order valence-electron chi connectivity index (χ2n) is 11.6. The summed E-state index contributed by atoms with van der Waals surface area (Å²) >= 11 is 0. The van der Waals surface area contributed by atoms with Gasteiger partial charge >= 0.3 is 0 Å². The monoisotopic (exact) mass is 644 g/mol. The Morgan fingerprint density at radius 2 is 1.10 bits per heavy atom. The van der Waals surface area contributed by atoms with Gasteiger partial charge < -0.3 is 9.47 Å². The summed E-state index contributed by atoms with van der Waals surface area (Å²) in [6, 6.07) is 45.0. The second kappa shape index (κ2) is 16.5. The summed E-state index contributed by atoms with van der Waals surface area (Å²) in [7, 11) is 0. The maximum atomic E-state index is 4.02. The molecule has 5 aromatic carbocycles. The van der Waals surface area contributed by atoms with Crippen LogP contribution in [0.4, 0.5) is 5.69 Å². The van der Waals surface area contributed by atoms with Gasteiger partial charge in [0.25, 0.3) is 0 Å². The number of nitrogens with zero attached hydrogens (tertiary/aromatic N) is 2. The van der Waals surface area contributed by atoms with Crippen molar-refractivity contribution in [1.82, 2.24) is 4.57 Å². The van der Waals surface area contributed by atoms with Crippen molar-refractivity contribution in [3.63, 3.8) is 0 Å². The van der Waals surface area contributed by atoms with E-state index in [1.54, 1.807) is 12.2 Å². The van der Waals surface area contributed by atoms with E-state index in [2.05, 4.69) is 175 Å². The third-order valence-corrected chi connectivity index (χ3v) is 8.41. The third kappa shape index (κ3) is 7.73. The molecule has 2 nitrogen and oxygen atoms in total. The second-order valence-corrected chi connectivity index (χ2v) is 11.6. The molecule has 0 N–H and O–H groups in total. The molecule has 0 atom stereocenters. The third-order valence-electron chi connectivity index (χ3n) is 8.41. The molecule has 0 unspecified atom stereocenters. The maximum absolute atomic E-state index is 4.02. The van der Waals surface area contributed by atoms with Crippen LogP contribution >= 0.6 is 0 Å². The standard InChI is InChI=1S/C48H40N2/c1-4-7-8-10-19-38(17-5-2)34-36-49(43-30-26-42(27-31-43)40-20-11-9-12-21-40)37-35-39(18-6-3)41-28-32-44(33-29-41)50-47-24-15-13-22-45(47)46-23-14-16-25-48(46)50/h4-37H,1-3H2/b8-7-,19-10-,36-34-,37-35-,38-17-,39-18+. The Morgan fingerprint density at radius 1 is 0.500 bits per heavy atom. The summed E-state index contributed by atoms with van der Waals surface area (Å²) in [5.74, 6) is 0. The maximum Gasteiger partial charge on any atom is 0.0541 e. The van der Waals surface area contributed by atoms with Crippen molar-refractivity contribution in [2.45, 2.75) is 0 Å². The highest BCUT2D eigenvalue weighted by Gasteiger charge is 2.11. The predicted molar refractivity (Wildman–Crippen MR) is 218 cm³/mol. The Bertz CT molecular complexity index is 2230. The topological polar surface area (TPSA) is 8.17 Å². The zero-order valence-corrected chi connectivity index (χ0v) is 28.1. The number of aromatic nitrogens is 1. The van der Waals surface area contributed by atoms with Gasteiger partial charge in [-0.2, -0.15) is 0 Å². The van der Waals surface area contributed by atoms with Crippen LogP contribution < -0.4 is 4.90 Å². The molecule has 6 rings (SSSR count). The van der Waals surface area contributed by atoms with Crippen molar-refractivity contribution in [1.29, 1.82) is 0 Å². The lowest BCUT2D eigenvalue weighted by Gasteiger charge is -2.17. The lowest BCUT2D eigenvalue weighted by molar-refractivity contribution is 1.18. The summed E-state index contributed by atoms with van der Waals surface area (Å²) < 4.78 is 2.34. The molecule has 0 spiro atoms. The Kier molecular flexibility index (Phi) is 10.9. The highest BCUT2D eigenvalue weighted by atomic mass is 15.1. The molecule has 0 bridgehead atoms. The first-order valence-corrected chi connectivity index (χ1v) is 16.7. The normalized spacial score (nSPS) is 12.6. The van der Waals surface area contributed by atoms with Crippen LogP contribution in [0.3, 0.4) is 0 Å². The van der Waals surface area contributed by atoms with Crippen molar-refractivity contribution in [2.75, 3.05) is 4.90 Å². The van der Waals surface area contributed by atoms with E-state index in [9.17, 15) is 0 Å². The molecule has 0 aliphatic heterocycles. The van der Waals surface area contributed by atoms with Gasteiger partial charge in [-0.05, 0) is 76.4 Å². The van der Waals surface area contributed by atoms with Gasteiger partial charge in [0.15, 0.2) is 0 Å². The molecule has 242 valence electrons. The van der Waals surface area contributed by atoms with Gasteiger partial charge in [-0.15, -0.1) is 0 Å². The number of hydrogen-bond acceptors (Lipinski definition) is 1. The van der Waals surface area contributed by atoms with Gasteiger partial charge in [-0.1, -0.05) is 165 Å². The molecule has 50 heavy (non-hydrogen) atoms. The Balaban J connectivity index is 1.33. The van der Waals surface area contributed by atoms with E-state index >= 15 is 0 Å². The molecule has 0 radical (unpaired) electrons. The van der Waals surface area contributed by atoms with E-state index in [1.807, 2.05) is 48.6 Å². The van der Waals surface area contributed by atoms with Crippen LogP contribution in [0.1, 0.15) is 5.56 Å². The number of fused-ring (bicyclic) bond motifs is 3. The van der Waals surface area contributed by atoms with Crippen molar-refractivity contribution in [3.8, 4) is 16.8 Å². The van der Waals surface area contributed by atoms with Crippen molar-refractivity contribution in [2.24, 2.45) is 0 Å². The number of para-hydroxylation sites is 2. The highest BCUT2D eigenvalue weighted by molar-refractivity contribution is 6.09. The first kappa shape index (κ1) is 33.3. The molecule has 1 heterocycles. The highest BCUT2D eigenvalue weighted by Crippen LogP contribution is 2.32. The van der Waals surface area contributed by atoms with Crippen LogP contribution in [0.2, 0.25) is 0 Å². The molecule has 0 amide bonds. The van der Waals surface area contributed by atoms with Gasteiger partial charge in [-0.25, -0.2) is 0 Å². The summed E-state index contributed by atoms with van der Waals surface area (Å²) in [6.45, 7) is 11.7. The molecule has 0 saturated carbocycles.